The van der Waals surface area contributed by atoms with Gasteiger partial charge in [-0.3, -0.25) is 14.6 Å². The van der Waals surface area contributed by atoms with Gasteiger partial charge in [0.1, 0.15) is 28.2 Å². The molecule has 0 saturated heterocycles. The number of H-pyrrole nitrogens is 1. The van der Waals surface area contributed by atoms with E-state index in [0.717, 1.165) is 0 Å². The summed E-state index contributed by atoms with van der Waals surface area (Å²) >= 11 is 0. The molecule has 4 aromatic rings. The summed E-state index contributed by atoms with van der Waals surface area (Å²) in [5, 5.41) is 9.96. The number of carbonyl (C=O) groups is 2. The van der Waals surface area contributed by atoms with E-state index in [4.69, 9.17) is 14.6 Å². The minimum absolute atomic E-state index is 0.250. The predicted octanol–water partition coefficient (Wildman–Crippen LogP) is 4.01. The largest absolute Gasteiger partial charge is 0.573 e. The number of fused-ring (bicyclic) bond motifs is 2. The lowest BCUT2D eigenvalue weighted by atomic mass is 9.81. The normalized spacial score (nSPS) is 16.6. The van der Waals surface area contributed by atoms with Gasteiger partial charge in [-0.1, -0.05) is 18.2 Å². The van der Waals surface area contributed by atoms with Crippen LogP contribution in [0.3, 0.4) is 0 Å². The number of aromatic amines is 1. The zero-order valence-electron chi connectivity index (χ0n) is 18.5. The number of carboxylic acid groups (broad SMARTS) is 1. The third kappa shape index (κ3) is 4.92. The molecule has 9 nitrogen and oxygen atoms in total. The number of aromatic nitrogens is 3. The van der Waals surface area contributed by atoms with Crippen molar-refractivity contribution >= 4 is 23.4 Å². The van der Waals surface area contributed by atoms with Crippen LogP contribution in [0.2, 0.25) is 0 Å². The first-order valence-corrected chi connectivity index (χ1v) is 10.5. The first kappa shape index (κ1) is 24.5. The molecule has 3 N–H and O–H groups in total. The number of alkyl halides is 3. The summed E-state index contributed by atoms with van der Waals surface area (Å²) in [6.45, 7) is 0.0202. The lowest BCUT2D eigenvalue weighted by Gasteiger charge is -2.39. The number of pyridine rings is 1. The minimum atomic E-state index is -4.80. The van der Waals surface area contributed by atoms with Crippen LogP contribution in [0.4, 0.5) is 13.2 Å². The van der Waals surface area contributed by atoms with Gasteiger partial charge in [0.05, 0.1) is 24.0 Å². The number of hydrogen-bond acceptors (Lipinski definition) is 6. The molecule has 12 heteroatoms. The Morgan fingerprint density at radius 2 is 1.89 bits per heavy atom. The highest BCUT2D eigenvalue weighted by atomic mass is 19.4. The molecule has 0 aliphatic carbocycles. The van der Waals surface area contributed by atoms with Gasteiger partial charge in [-0.05, 0) is 42.0 Å². The summed E-state index contributed by atoms with van der Waals surface area (Å²) in [4.78, 5) is 33.5. The van der Waals surface area contributed by atoms with E-state index in [1.807, 2.05) is 0 Å². The molecule has 1 aliphatic rings. The Morgan fingerprint density at radius 1 is 1.14 bits per heavy atom. The first-order valence-electron chi connectivity index (χ1n) is 10.5. The summed E-state index contributed by atoms with van der Waals surface area (Å²) in [7, 11) is 0. The Bertz CT molecular complexity index is 1370. The maximum absolute atomic E-state index is 13.5. The highest BCUT2D eigenvalue weighted by Crippen LogP contribution is 2.41. The molecule has 2 aromatic heterocycles. The number of hydrogen-bond donors (Lipinski definition) is 3. The number of benzene rings is 2. The minimum Gasteiger partial charge on any atom is -0.491 e. The molecular formula is C24H19F3N4O5. The number of para-hydroxylation sites is 1. The van der Waals surface area contributed by atoms with Gasteiger partial charge in [0.2, 0.25) is 0 Å². The molecule has 0 bridgehead atoms. The fraction of sp³-hybridized carbons (Fsp3) is 0.167. The van der Waals surface area contributed by atoms with Gasteiger partial charge in [0.25, 0.3) is 12.4 Å². The zero-order valence-corrected chi connectivity index (χ0v) is 18.5. The predicted molar refractivity (Wildman–Crippen MR) is 121 cm³/mol. The number of halogens is 3. The van der Waals surface area contributed by atoms with Crippen LogP contribution in [-0.4, -0.2) is 45.4 Å². The van der Waals surface area contributed by atoms with E-state index in [2.05, 4.69) is 25.0 Å². The summed E-state index contributed by atoms with van der Waals surface area (Å²) in [5.74, 6) is -0.276. The summed E-state index contributed by atoms with van der Waals surface area (Å²) in [5.41, 5.74) is 1.43. The van der Waals surface area contributed by atoms with E-state index in [1.165, 1.54) is 30.6 Å². The molecule has 1 atom stereocenters. The van der Waals surface area contributed by atoms with E-state index in [0.29, 0.717) is 40.0 Å². The maximum atomic E-state index is 13.5. The fourth-order valence-corrected chi connectivity index (χ4v) is 4.09. The van der Waals surface area contributed by atoms with Crippen LogP contribution in [0.1, 0.15) is 28.0 Å². The third-order valence-corrected chi connectivity index (χ3v) is 5.51. The Labute approximate surface area is 201 Å². The lowest BCUT2D eigenvalue weighted by Crippen LogP contribution is -2.50. The van der Waals surface area contributed by atoms with Crippen LogP contribution in [0.5, 0.6) is 11.5 Å². The molecule has 0 unspecified atom stereocenters. The topological polar surface area (TPSA) is 126 Å². The Hall–Kier alpha value is -4.61. The van der Waals surface area contributed by atoms with Gasteiger partial charge in [0, 0.05) is 12.6 Å². The van der Waals surface area contributed by atoms with Gasteiger partial charge in [-0.2, -0.15) is 0 Å². The van der Waals surface area contributed by atoms with Crippen LogP contribution in [0.25, 0.3) is 11.0 Å². The summed E-state index contributed by atoms with van der Waals surface area (Å²) < 4.78 is 47.6. The van der Waals surface area contributed by atoms with Crippen LogP contribution < -0.4 is 14.8 Å². The molecule has 1 aliphatic heterocycles. The Morgan fingerprint density at radius 3 is 2.61 bits per heavy atom. The highest BCUT2D eigenvalue weighted by molar-refractivity contribution is 6.05. The van der Waals surface area contributed by atoms with Crippen molar-refractivity contribution in [1.82, 2.24) is 20.3 Å². The van der Waals surface area contributed by atoms with E-state index in [9.17, 15) is 18.0 Å². The lowest BCUT2D eigenvalue weighted by molar-refractivity contribution is -0.274. The Kier molecular flexibility index (Phi) is 6.77. The van der Waals surface area contributed by atoms with Crippen LogP contribution in [0, 0.1) is 0 Å². The van der Waals surface area contributed by atoms with Gasteiger partial charge in [-0.15, -0.1) is 13.2 Å². The third-order valence-electron chi connectivity index (χ3n) is 5.51. The molecule has 0 saturated carbocycles. The number of nitrogens with zero attached hydrogens (tertiary/aromatic N) is 2. The molecule has 0 radical (unpaired) electrons. The molecule has 1 amide bonds. The SMILES string of the molecule is O=C(N[C@]1(c2ccc(OC(F)(F)F)cc2)CCOc2cccnc21)c1cccc2[nH]cnc12.O=CO. The average molecular weight is 500 g/mol. The van der Waals surface area contributed by atoms with Gasteiger partial charge in [0.15, 0.2) is 0 Å². The van der Waals surface area contributed by atoms with Crippen molar-refractivity contribution in [2.24, 2.45) is 0 Å². The maximum Gasteiger partial charge on any atom is 0.573 e. The smallest absolute Gasteiger partial charge is 0.491 e. The van der Waals surface area contributed by atoms with Crippen molar-refractivity contribution in [3.63, 3.8) is 0 Å². The van der Waals surface area contributed by atoms with Crippen molar-refractivity contribution < 1.29 is 37.3 Å². The fourth-order valence-electron chi connectivity index (χ4n) is 4.09. The van der Waals surface area contributed by atoms with Crippen molar-refractivity contribution in [1.29, 1.82) is 0 Å². The second kappa shape index (κ2) is 9.94. The molecule has 186 valence electrons. The number of nitrogens with one attached hydrogen (secondary N) is 2. The van der Waals surface area contributed by atoms with Crippen LogP contribution in [-0.2, 0) is 10.3 Å². The highest BCUT2D eigenvalue weighted by Gasteiger charge is 2.43. The molecule has 2 aromatic carbocycles. The number of carbonyl (C=O) groups excluding carboxylic acids is 1. The van der Waals surface area contributed by atoms with E-state index in [1.54, 1.807) is 36.5 Å². The number of rotatable bonds is 4. The van der Waals surface area contributed by atoms with Crippen molar-refractivity contribution in [3.8, 4) is 11.5 Å². The summed E-state index contributed by atoms with van der Waals surface area (Å²) in [6, 6.07) is 14.0. The standard InChI is InChI=1S/C23H17F3N4O3.CH2O2/c24-23(25,26)33-15-8-6-14(7-9-15)22(10-12-32-18-5-2-11-27-20(18)22)30-21(31)16-3-1-4-17-19(16)29-13-28-17;2-1-3/h1-9,11,13H,10,12H2,(H,28,29)(H,30,31);1H,(H,2,3)/t22-;/m0./s1. The molecule has 3 heterocycles. The van der Waals surface area contributed by atoms with Crippen LogP contribution in [0.15, 0.2) is 67.1 Å². The van der Waals surface area contributed by atoms with E-state index >= 15 is 0 Å². The number of amides is 1. The number of imidazole rings is 1. The quantitative estimate of drug-likeness (QED) is 0.362. The summed E-state index contributed by atoms with van der Waals surface area (Å²) in [6.07, 6.45) is -1.41. The van der Waals surface area contributed by atoms with Crippen LogP contribution >= 0.6 is 0 Å². The van der Waals surface area contributed by atoms with E-state index < -0.39 is 17.8 Å². The van der Waals surface area contributed by atoms with Crippen molar-refractivity contribution in [3.05, 3.63) is 83.9 Å². The zero-order chi connectivity index (χ0) is 25.8. The molecule has 0 spiro atoms. The second-order valence-electron chi connectivity index (χ2n) is 7.59. The molecule has 0 fully saturated rings. The monoisotopic (exact) mass is 500 g/mol. The second-order valence-corrected chi connectivity index (χ2v) is 7.59. The average Bonchev–Trinajstić information content (AvgIpc) is 3.33. The van der Waals surface area contributed by atoms with Crippen molar-refractivity contribution in [2.45, 2.75) is 18.3 Å². The van der Waals surface area contributed by atoms with Crippen molar-refractivity contribution in [2.75, 3.05) is 6.61 Å². The van der Waals surface area contributed by atoms with E-state index in [-0.39, 0.29) is 18.8 Å². The first-order chi connectivity index (χ1) is 17.3. The van der Waals surface area contributed by atoms with Gasteiger partial charge >= 0.3 is 6.36 Å². The van der Waals surface area contributed by atoms with Gasteiger partial charge in [-0.25, -0.2) is 4.98 Å². The number of ether oxygens (including phenoxy) is 2. The Balaban J connectivity index is 0.000000967. The van der Waals surface area contributed by atoms with Gasteiger partial charge < -0.3 is 24.9 Å². The molecular weight excluding hydrogens is 481 g/mol. The molecule has 5 rings (SSSR count). The molecule has 36 heavy (non-hydrogen) atoms.